The van der Waals surface area contributed by atoms with Gasteiger partial charge in [-0.05, 0) is 48.9 Å². The Morgan fingerprint density at radius 3 is 2.73 bits per heavy atom. The van der Waals surface area contributed by atoms with Crippen LogP contribution in [0.4, 0.5) is 0 Å². The van der Waals surface area contributed by atoms with Gasteiger partial charge in [0.2, 0.25) is 0 Å². The Hall–Kier alpha value is -2.21. The predicted molar refractivity (Wildman–Crippen MR) is 81.1 cm³/mol. The summed E-state index contributed by atoms with van der Waals surface area (Å²) in [6, 6.07) is 5.61. The molecule has 1 aliphatic carbocycles. The molecule has 2 N–H and O–H groups in total. The summed E-state index contributed by atoms with van der Waals surface area (Å²) in [5, 5.41) is 16.8. The van der Waals surface area contributed by atoms with E-state index in [0.717, 1.165) is 24.8 Å². The second kappa shape index (κ2) is 6.27. The summed E-state index contributed by atoms with van der Waals surface area (Å²) in [6.45, 7) is 0. The maximum Gasteiger partial charge on any atom is 0.272 e. The van der Waals surface area contributed by atoms with Crippen LogP contribution in [0.1, 0.15) is 28.9 Å². The maximum atomic E-state index is 12.3. The number of amides is 1. The maximum absolute atomic E-state index is 12.3. The Labute approximate surface area is 129 Å². The first-order valence-electron chi connectivity index (χ1n) is 7.49. The third-order valence-corrected chi connectivity index (χ3v) is 4.19. The lowest BCUT2D eigenvalue weighted by Gasteiger charge is -2.38. The average Bonchev–Trinajstić information content (AvgIpc) is 2.91. The van der Waals surface area contributed by atoms with Crippen LogP contribution < -0.4 is 5.32 Å². The van der Waals surface area contributed by atoms with Crippen molar-refractivity contribution in [2.75, 3.05) is 0 Å². The summed E-state index contributed by atoms with van der Waals surface area (Å²) in [6.07, 6.45) is 7.22. The molecule has 2 heterocycles. The number of aromatic nitrogens is 3. The fourth-order valence-electron chi connectivity index (χ4n) is 2.85. The molecule has 6 heteroatoms. The Bertz CT molecular complexity index is 635. The summed E-state index contributed by atoms with van der Waals surface area (Å²) < 4.78 is 1.61. The van der Waals surface area contributed by atoms with E-state index < -0.39 is 0 Å². The van der Waals surface area contributed by atoms with Gasteiger partial charge >= 0.3 is 0 Å². The van der Waals surface area contributed by atoms with Crippen LogP contribution in [0.2, 0.25) is 0 Å². The first-order chi connectivity index (χ1) is 10.6. The molecular weight excluding hydrogens is 280 g/mol. The molecule has 22 heavy (non-hydrogen) atoms. The molecule has 1 amide bonds. The minimum absolute atomic E-state index is 0.000283. The van der Waals surface area contributed by atoms with Crippen LogP contribution in [0.25, 0.3) is 0 Å². The van der Waals surface area contributed by atoms with Crippen molar-refractivity contribution >= 4 is 5.91 Å². The number of carbonyl (C=O) groups is 1. The number of nitrogens with zero attached hydrogens (tertiary/aromatic N) is 3. The molecule has 1 atom stereocenters. The number of nitrogens with one attached hydrogen (secondary N) is 1. The second-order valence-corrected chi connectivity index (χ2v) is 5.90. The standard InChI is InChI=1S/C16H20N4O2/c1-20-7-4-14(19-20)16(22)18-15(12-9-13(21)10-12)8-11-2-5-17-6-3-11/h2-7,12-13,15,21H,8-10H2,1H3,(H,18,22). The first kappa shape index (κ1) is 14.7. The number of hydrogen-bond donors (Lipinski definition) is 2. The Kier molecular flexibility index (Phi) is 4.20. The Morgan fingerprint density at radius 2 is 2.14 bits per heavy atom. The van der Waals surface area contributed by atoms with E-state index in [9.17, 15) is 9.90 Å². The molecule has 6 nitrogen and oxygen atoms in total. The van der Waals surface area contributed by atoms with Crippen molar-refractivity contribution in [1.29, 1.82) is 0 Å². The molecule has 1 aliphatic rings. The van der Waals surface area contributed by atoms with Crippen LogP contribution in [-0.4, -0.2) is 37.9 Å². The summed E-state index contributed by atoms with van der Waals surface area (Å²) in [5.74, 6) is 0.136. The van der Waals surface area contributed by atoms with Crippen molar-refractivity contribution in [2.24, 2.45) is 13.0 Å². The topological polar surface area (TPSA) is 80.0 Å². The lowest BCUT2D eigenvalue weighted by Crippen LogP contribution is -2.48. The molecule has 1 fully saturated rings. The third-order valence-electron chi connectivity index (χ3n) is 4.19. The van der Waals surface area contributed by atoms with E-state index >= 15 is 0 Å². The minimum atomic E-state index is -0.239. The zero-order valence-electron chi connectivity index (χ0n) is 12.5. The molecule has 0 radical (unpaired) electrons. The zero-order valence-corrected chi connectivity index (χ0v) is 12.5. The molecule has 0 saturated heterocycles. The van der Waals surface area contributed by atoms with Gasteiger partial charge in [0.25, 0.3) is 5.91 Å². The highest BCUT2D eigenvalue weighted by molar-refractivity contribution is 5.92. The highest BCUT2D eigenvalue weighted by atomic mass is 16.3. The summed E-state index contributed by atoms with van der Waals surface area (Å²) in [7, 11) is 1.79. The summed E-state index contributed by atoms with van der Waals surface area (Å²) in [5.41, 5.74) is 1.55. The van der Waals surface area contributed by atoms with Gasteiger partial charge in [-0.15, -0.1) is 0 Å². The van der Waals surface area contributed by atoms with Crippen LogP contribution in [0.15, 0.2) is 36.8 Å². The van der Waals surface area contributed by atoms with Gasteiger partial charge in [-0.25, -0.2) is 0 Å². The van der Waals surface area contributed by atoms with Crippen molar-refractivity contribution < 1.29 is 9.90 Å². The van der Waals surface area contributed by atoms with Crippen LogP contribution in [-0.2, 0) is 13.5 Å². The molecule has 0 spiro atoms. The highest BCUT2D eigenvalue weighted by Gasteiger charge is 2.35. The van der Waals surface area contributed by atoms with Gasteiger partial charge < -0.3 is 10.4 Å². The number of aliphatic hydroxyl groups excluding tert-OH is 1. The van der Waals surface area contributed by atoms with Crippen LogP contribution in [0.3, 0.4) is 0 Å². The quantitative estimate of drug-likeness (QED) is 0.861. The van der Waals surface area contributed by atoms with E-state index in [2.05, 4.69) is 15.4 Å². The fraction of sp³-hybridized carbons (Fsp3) is 0.438. The van der Waals surface area contributed by atoms with E-state index in [1.54, 1.807) is 36.4 Å². The van der Waals surface area contributed by atoms with E-state index in [4.69, 9.17) is 0 Å². The van der Waals surface area contributed by atoms with Gasteiger partial charge in [0.15, 0.2) is 0 Å². The van der Waals surface area contributed by atoms with E-state index in [-0.39, 0.29) is 18.1 Å². The summed E-state index contributed by atoms with van der Waals surface area (Å²) >= 11 is 0. The lowest BCUT2D eigenvalue weighted by molar-refractivity contribution is 0.0238. The van der Waals surface area contributed by atoms with Crippen molar-refractivity contribution in [1.82, 2.24) is 20.1 Å². The number of hydrogen-bond acceptors (Lipinski definition) is 4. The molecule has 2 aromatic heterocycles. The fourth-order valence-corrected chi connectivity index (χ4v) is 2.85. The zero-order chi connectivity index (χ0) is 15.5. The molecule has 0 bridgehead atoms. The van der Waals surface area contributed by atoms with Gasteiger partial charge in [0.1, 0.15) is 5.69 Å². The van der Waals surface area contributed by atoms with Gasteiger partial charge in [-0.1, -0.05) is 0 Å². The first-order valence-corrected chi connectivity index (χ1v) is 7.49. The number of aliphatic hydroxyl groups is 1. The van der Waals surface area contributed by atoms with Crippen LogP contribution in [0, 0.1) is 5.92 Å². The van der Waals surface area contributed by atoms with Crippen molar-refractivity contribution in [2.45, 2.75) is 31.4 Å². The normalized spacial score (nSPS) is 21.9. The monoisotopic (exact) mass is 300 g/mol. The number of rotatable bonds is 5. The highest BCUT2D eigenvalue weighted by Crippen LogP contribution is 2.31. The Balaban J connectivity index is 1.69. The molecule has 0 aliphatic heterocycles. The second-order valence-electron chi connectivity index (χ2n) is 5.90. The van der Waals surface area contributed by atoms with E-state index in [0.29, 0.717) is 11.6 Å². The van der Waals surface area contributed by atoms with Gasteiger partial charge in [-0.3, -0.25) is 14.5 Å². The third kappa shape index (κ3) is 3.33. The number of carbonyl (C=O) groups excluding carboxylic acids is 1. The predicted octanol–water partition coefficient (Wildman–Crippen LogP) is 0.927. The van der Waals surface area contributed by atoms with Crippen LogP contribution in [0.5, 0.6) is 0 Å². The smallest absolute Gasteiger partial charge is 0.272 e. The van der Waals surface area contributed by atoms with Gasteiger partial charge in [0.05, 0.1) is 6.10 Å². The summed E-state index contributed by atoms with van der Waals surface area (Å²) in [4.78, 5) is 16.3. The largest absolute Gasteiger partial charge is 0.393 e. The molecule has 0 aromatic carbocycles. The van der Waals surface area contributed by atoms with Gasteiger partial charge in [-0.2, -0.15) is 5.10 Å². The average molecular weight is 300 g/mol. The van der Waals surface area contributed by atoms with Crippen LogP contribution >= 0.6 is 0 Å². The van der Waals surface area contributed by atoms with Crippen molar-refractivity contribution in [3.05, 3.63) is 48.0 Å². The van der Waals surface area contributed by atoms with Crippen molar-refractivity contribution in [3.8, 4) is 0 Å². The number of pyridine rings is 1. The van der Waals surface area contributed by atoms with Crippen molar-refractivity contribution in [3.63, 3.8) is 0 Å². The Morgan fingerprint density at radius 1 is 1.41 bits per heavy atom. The molecular formula is C16H20N4O2. The van der Waals surface area contributed by atoms with E-state index in [1.807, 2.05) is 12.1 Å². The molecule has 2 aromatic rings. The minimum Gasteiger partial charge on any atom is -0.393 e. The SMILES string of the molecule is Cn1ccc(C(=O)NC(Cc2ccncc2)C2CC(O)C2)n1. The lowest BCUT2D eigenvalue weighted by atomic mass is 9.75. The molecule has 116 valence electrons. The molecule has 3 rings (SSSR count). The molecule has 1 unspecified atom stereocenters. The van der Waals surface area contributed by atoms with Gasteiger partial charge in [0, 0.05) is 31.7 Å². The molecule has 1 saturated carbocycles. The number of aryl methyl sites for hydroxylation is 1. The van der Waals surface area contributed by atoms with E-state index in [1.165, 1.54) is 0 Å².